The Labute approximate surface area is 218 Å². The minimum atomic E-state index is -1.37. The predicted molar refractivity (Wildman–Crippen MR) is 141 cm³/mol. The van der Waals surface area contributed by atoms with Gasteiger partial charge in [0.25, 0.3) is 5.56 Å². The van der Waals surface area contributed by atoms with Gasteiger partial charge in [-0.2, -0.15) is 0 Å². The van der Waals surface area contributed by atoms with Gasteiger partial charge in [0.05, 0.1) is 11.3 Å². The van der Waals surface area contributed by atoms with E-state index in [9.17, 15) is 19.1 Å². The Morgan fingerprint density at radius 3 is 2.61 bits per heavy atom. The number of ether oxygens (including phenoxy) is 1. The number of pyridine rings is 1. The van der Waals surface area contributed by atoms with Crippen molar-refractivity contribution in [3.05, 3.63) is 94.3 Å². The van der Waals surface area contributed by atoms with E-state index >= 15 is 0 Å². The van der Waals surface area contributed by atoms with Gasteiger partial charge in [0.15, 0.2) is 17.8 Å². The van der Waals surface area contributed by atoms with Crippen molar-refractivity contribution in [1.82, 2.24) is 14.3 Å². The number of nitrogens with zero attached hydrogens (tertiary/aromatic N) is 3. The van der Waals surface area contributed by atoms with Gasteiger partial charge in [-0.1, -0.05) is 24.6 Å². The molecule has 2 aromatic carbocycles. The van der Waals surface area contributed by atoms with Crippen LogP contribution in [0, 0.1) is 18.7 Å². The number of anilines is 2. The molecule has 3 N–H and O–H groups in total. The molecular weight excluding hydrogens is 489 g/mol. The van der Waals surface area contributed by atoms with E-state index in [4.69, 9.17) is 4.74 Å². The second-order valence-electron chi connectivity index (χ2n) is 9.26. The van der Waals surface area contributed by atoms with E-state index < -0.39 is 12.0 Å². The Bertz CT molecular complexity index is 1530. The van der Waals surface area contributed by atoms with E-state index in [1.807, 2.05) is 18.2 Å². The molecule has 1 amide bonds. The fourth-order valence-electron chi connectivity index (χ4n) is 4.38. The fraction of sp³-hybridized carbons (Fsp3) is 0.250. The summed E-state index contributed by atoms with van der Waals surface area (Å²) in [6.45, 7) is 1.73. The summed E-state index contributed by atoms with van der Waals surface area (Å²) in [7, 11) is 1.73. The van der Waals surface area contributed by atoms with E-state index in [1.54, 1.807) is 36.9 Å². The summed E-state index contributed by atoms with van der Waals surface area (Å²) in [4.78, 5) is 29.4. The van der Waals surface area contributed by atoms with Crippen molar-refractivity contribution in [2.75, 3.05) is 10.6 Å². The first kappa shape index (κ1) is 25.2. The Morgan fingerprint density at radius 2 is 1.92 bits per heavy atom. The molecule has 1 saturated carbocycles. The van der Waals surface area contributed by atoms with Gasteiger partial charge in [-0.25, -0.2) is 14.1 Å². The number of carbonyl (C=O) groups excluding carboxylic acids is 1. The maximum atomic E-state index is 14.9. The first-order valence-electron chi connectivity index (χ1n) is 12.3. The molecule has 196 valence electrons. The lowest BCUT2D eigenvalue weighted by molar-refractivity contribution is -0.122. The number of aromatic nitrogens is 3. The number of para-hydroxylation sites is 1. The van der Waals surface area contributed by atoms with Crippen LogP contribution in [0.4, 0.5) is 15.9 Å². The molecule has 9 nitrogen and oxygen atoms in total. The molecule has 0 bridgehead atoms. The second kappa shape index (κ2) is 10.5. The van der Waals surface area contributed by atoms with E-state index in [0.29, 0.717) is 22.9 Å². The molecule has 1 aliphatic carbocycles. The minimum absolute atomic E-state index is 0.00935. The van der Waals surface area contributed by atoms with Crippen molar-refractivity contribution < 1.29 is 19.0 Å². The van der Waals surface area contributed by atoms with Crippen LogP contribution in [-0.4, -0.2) is 25.4 Å². The number of halogens is 1. The van der Waals surface area contributed by atoms with Gasteiger partial charge in [-0.05, 0) is 50.1 Å². The molecule has 1 fully saturated rings. The van der Waals surface area contributed by atoms with E-state index in [1.165, 1.54) is 35.1 Å². The van der Waals surface area contributed by atoms with E-state index in [0.717, 1.165) is 19.3 Å². The van der Waals surface area contributed by atoms with Crippen LogP contribution in [-0.2, 0) is 11.8 Å². The number of carbonyl (C=O) groups is 1. The third-order valence-electron chi connectivity index (χ3n) is 6.79. The van der Waals surface area contributed by atoms with Gasteiger partial charge < -0.3 is 20.5 Å². The summed E-state index contributed by atoms with van der Waals surface area (Å²) in [6, 6.07) is 16.3. The van der Waals surface area contributed by atoms with Crippen LogP contribution in [0.2, 0.25) is 0 Å². The van der Waals surface area contributed by atoms with Gasteiger partial charge in [0.1, 0.15) is 11.6 Å². The summed E-state index contributed by atoms with van der Waals surface area (Å²) >= 11 is 0. The maximum absolute atomic E-state index is 14.9. The Balaban J connectivity index is 1.30. The molecule has 0 aliphatic heterocycles. The van der Waals surface area contributed by atoms with Gasteiger partial charge in [-0.15, -0.1) is 0 Å². The zero-order chi connectivity index (χ0) is 26.8. The molecular formula is C28H28FN5O4. The maximum Gasteiger partial charge on any atom is 0.279 e. The smallest absolute Gasteiger partial charge is 0.279 e. The second-order valence-corrected chi connectivity index (χ2v) is 9.26. The molecule has 5 rings (SSSR count). The van der Waals surface area contributed by atoms with Crippen LogP contribution in [0.15, 0.2) is 71.7 Å². The highest BCUT2D eigenvalue weighted by molar-refractivity contribution is 5.92. The molecule has 1 aliphatic rings. The number of hydrogen-bond acceptors (Lipinski definition) is 6. The molecule has 4 aromatic rings. The highest BCUT2D eigenvalue weighted by atomic mass is 19.1. The molecule has 0 saturated heterocycles. The van der Waals surface area contributed by atoms with Crippen LogP contribution < -0.4 is 20.9 Å². The molecule has 0 spiro atoms. The first-order valence-corrected chi connectivity index (χ1v) is 12.3. The van der Waals surface area contributed by atoms with Crippen LogP contribution in [0.5, 0.6) is 11.5 Å². The van der Waals surface area contributed by atoms with Crippen LogP contribution in [0.1, 0.15) is 36.7 Å². The number of rotatable bonds is 8. The Hall–Kier alpha value is -4.44. The van der Waals surface area contributed by atoms with Crippen molar-refractivity contribution in [2.24, 2.45) is 13.0 Å². The monoisotopic (exact) mass is 517 g/mol. The lowest BCUT2D eigenvalue weighted by atomic mass is 9.85. The van der Waals surface area contributed by atoms with Crippen molar-refractivity contribution in [3.8, 4) is 17.2 Å². The first-order chi connectivity index (χ1) is 18.3. The predicted octanol–water partition coefficient (Wildman–Crippen LogP) is 4.65. The summed E-state index contributed by atoms with van der Waals surface area (Å²) in [5, 5.41) is 16.4. The molecule has 2 heterocycles. The summed E-state index contributed by atoms with van der Waals surface area (Å²) in [6.07, 6.45) is 2.89. The van der Waals surface area contributed by atoms with Crippen molar-refractivity contribution >= 4 is 17.4 Å². The molecule has 2 aromatic heterocycles. The SMILES string of the molecule is Cc1c(C(O)Nc2ccc(Oc3ccnc(NC(=O)C4CCC4)c3)c(F)c2)c(=O)n(-c2ccccc2)n1C. The van der Waals surface area contributed by atoms with Gasteiger partial charge in [-0.3, -0.25) is 14.3 Å². The van der Waals surface area contributed by atoms with Crippen LogP contribution in [0.25, 0.3) is 5.69 Å². The summed E-state index contributed by atoms with van der Waals surface area (Å²) in [5.41, 5.74) is 1.27. The summed E-state index contributed by atoms with van der Waals surface area (Å²) in [5.74, 6) is -0.147. The van der Waals surface area contributed by atoms with Crippen molar-refractivity contribution in [1.29, 1.82) is 0 Å². The number of benzene rings is 2. The van der Waals surface area contributed by atoms with E-state index in [-0.39, 0.29) is 34.4 Å². The van der Waals surface area contributed by atoms with Crippen LogP contribution in [0.3, 0.4) is 0 Å². The highest BCUT2D eigenvalue weighted by Gasteiger charge is 2.26. The fourth-order valence-corrected chi connectivity index (χ4v) is 4.38. The molecule has 38 heavy (non-hydrogen) atoms. The van der Waals surface area contributed by atoms with Gasteiger partial charge in [0, 0.05) is 42.7 Å². The third kappa shape index (κ3) is 5.03. The van der Waals surface area contributed by atoms with Gasteiger partial charge >= 0.3 is 0 Å². The molecule has 10 heteroatoms. The van der Waals surface area contributed by atoms with E-state index in [2.05, 4.69) is 15.6 Å². The number of nitrogens with one attached hydrogen (secondary N) is 2. The third-order valence-corrected chi connectivity index (χ3v) is 6.79. The zero-order valence-corrected chi connectivity index (χ0v) is 21.0. The topological polar surface area (TPSA) is 110 Å². The largest absolute Gasteiger partial charge is 0.454 e. The van der Waals surface area contributed by atoms with Crippen LogP contribution >= 0.6 is 0 Å². The quantitative estimate of drug-likeness (QED) is 0.294. The Morgan fingerprint density at radius 1 is 1.16 bits per heavy atom. The lowest BCUT2D eigenvalue weighted by Gasteiger charge is -2.23. The average molecular weight is 518 g/mol. The number of amides is 1. The molecule has 1 unspecified atom stereocenters. The number of aliphatic hydroxyl groups excluding tert-OH is 1. The molecule has 1 atom stereocenters. The van der Waals surface area contributed by atoms with Gasteiger partial charge in [0.2, 0.25) is 5.91 Å². The molecule has 0 radical (unpaired) electrons. The average Bonchev–Trinajstić information content (AvgIpc) is 3.08. The normalized spacial score (nSPS) is 14.0. The standard InChI is InChI=1S/C28H28FN5O4/c1-17-25(28(37)34(33(17)2)20-9-4-3-5-10-20)27(36)31-19-11-12-23(22(29)15-19)38-21-13-14-30-24(16-21)32-26(35)18-7-6-8-18/h3-5,9-16,18,27,31,36H,6-8H2,1-2H3,(H,30,32,35). The number of hydrogen-bond donors (Lipinski definition) is 3. The number of aliphatic hydroxyl groups is 1. The zero-order valence-electron chi connectivity index (χ0n) is 21.0. The summed E-state index contributed by atoms with van der Waals surface area (Å²) < 4.78 is 23.7. The Kier molecular flexibility index (Phi) is 6.97. The van der Waals surface area contributed by atoms with Crippen molar-refractivity contribution in [3.63, 3.8) is 0 Å². The van der Waals surface area contributed by atoms with Crippen molar-refractivity contribution in [2.45, 2.75) is 32.4 Å². The lowest BCUT2D eigenvalue weighted by Crippen LogP contribution is -2.28. The highest BCUT2D eigenvalue weighted by Crippen LogP contribution is 2.30. The minimum Gasteiger partial charge on any atom is -0.454 e.